The quantitative estimate of drug-likeness (QED) is 0.583. The number of carbonyl (C=O) groups is 1. The molecule has 28 heavy (non-hydrogen) atoms. The monoisotopic (exact) mass is 427 g/mol. The Kier molecular flexibility index (Phi) is 4.76. The lowest BCUT2D eigenvalue weighted by Gasteiger charge is -2.32. The molecule has 0 unspecified atom stereocenters. The van der Waals surface area contributed by atoms with E-state index in [-0.39, 0.29) is 28.8 Å². The molecular formula is C17H13ClF3N5OS. The summed E-state index contributed by atoms with van der Waals surface area (Å²) < 4.78 is 41.7. The summed E-state index contributed by atoms with van der Waals surface area (Å²) in [6, 6.07) is 5.63. The first kappa shape index (κ1) is 18.8. The van der Waals surface area contributed by atoms with Gasteiger partial charge >= 0.3 is 6.18 Å². The minimum absolute atomic E-state index is 0.0730. The zero-order valence-corrected chi connectivity index (χ0v) is 15.6. The highest BCUT2D eigenvalue weighted by Gasteiger charge is 2.47. The first-order chi connectivity index (χ1) is 13.3. The van der Waals surface area contributed by atoms with Crippen LogP contribution in [0.1, 0.15) is 33.9 Å². The Hall–Kier alpha value is -2.59. The van der Waals surface area contributed by atoms with Crippen LogP contribution in [0.4, 0.5) is 24.7 Å². The third kappa shape index (κ3) is 3.57. The molecule has 3 aromatic rings. The summed E-state index contributed by atoms with van der Waals surface area (Å²) in [5.74, 6) is -0.540. The lowest BCUT2D eigenvalue weighted by atomic mass is 10.0. The predicted octanol–water partition coefficient (Wildman–Crippen LogP) is 4.91. The Labute approximate surface area is 166 Å². The van der Waals surface area contributed by atoms with Crippen molar-refractivity contribution in [2.75, 3.05) is 10.6 Å². The summed E-state index contributed by atoms with van der Waals surface area (Å²) in [6.45, 7) is 0. The van der Waals surface area contributed by atoms with Crippen molar-refractivity contribution in [1.29, 1.82) is 0 Å². The minimum Gasteiger partial charge on any atom is -0.363 e. The third-order valence-electron chi connectivity index (χ3n) is 4.32. The maximum Gasteiger partial charge on any atom is 0.410 e. The summed E-state index contributed by atoms with van der Waals surface area (Å²) >= 11 is 7.28. The van der Waals surface area contributed by atoms with E-state index in [0.29, 0.717) is 0 Å². The van der Waals surface area contributed by atoms with Gasteiger partial charge in [-0.3, -0.25) is 4.79 Å². The van der Waals surface area contributed by atoms with Crippen LogP contribution in [-0.4, -0.2) is 26.8 Å². The largest absolute Gasteiger partial charge is 0.410 e. The zero-order valence-electron chi connectivity index (χ0n) is 14.1. The predicted molar refractivity (Wildman–Crippen MR) is 99.8 cm³/mol. The molecule has 0 aromatic carbocycles. The van der Waals surface area contributed by atoms with Gasteiger partial charge in [0.1, 0.15) is 5.82 Å². The molecular weight excluding hydrogens is 415 g/mol. The normalized spacial score (nSPS) is 19.0. The van der Waals surface area contributed by atoms with E-state index in [0.717, 1.165) is 9.56 Å². The SMILES string of the molecule is O=C(Nc1cccnc1Cl)c1cc2n(n1)[C@H](C(F)(F)F)C[C@@H](c1cccs1)N2. The van der Waals surface area contributed by atoms with Crippen LogP contribution in [0.5, 0.6) is 0 Å². The number of amides is 1. The standard InChI is InChI=1S/C17H13ClF3N5OS/c18-15-9(3-1-5-22-15)24-16(27)11-8-14-23-10(12-4-2-6-28-12)7-13(17(19,20)21)26(14)25-11/h1-6,8,10,13,23H,7H2,(H,24,27)/t10-,13-/m0/s1. The maximum atomic E-state index is 13.6. The zero-order chi connectivity index (χ0) is 19.9. The Morgan fingerprint density at radius 1 is 1.36 bits per heavy atom. The number of alkyl halides is 3. The van der Waals surface area contributed by atoms with Crippen molar-refractivity contribution < 1.29 is 18.0 Å². The number of hydrogen-bond donors (Lipinski definition) is 2. The van der Waals surface area contributed by atoms with Crippen LogP contribution in [0.2, 0.25) is 5.15 Å². The second-order valence-corrected chi connectivity index (χ2v) is 7.50. The molecule has 0 saturated heterocycles. The fourth-order valence-electron chi connectivity index (χ4n) is 3.03. The summed E-state index contributed by atoms with van der Waals surface area (Å²) in [5.41, 5.74) is 0.0976. The average molecular weight is 428 g/mol. The molecule has 2 atom stereocenters. The molecule has 1 amide bonds. The van der Waals surface area contributed by atoms with E-state index in [9.17, 15) is 18.0 Å². The fraction of sp³-hybridized carbons (Fsp3) is 0.235. The van der Waals surface area contributed by atoms with Crippen molar-refractivity contribution in [2.24, 2.45) is 0 Å². The Morgan fingerprint density at radius 3 is 2.86 bits per heavy atom. The second-order valence-electron chi connectivity index (χ2n) is 6.16. The highest BCUT2D eigenvalue weighted by atomic mass is 35.5. The maximum absolute atomic E-state index is 13.6. The molecule has 3 aromatic heterocycles. The lowest BCUT2D eigenvalue weighted by molar-refractivity contribution is -0.173. The van der Waals surface area contributed by atoms with Crippen LogP contribution in [0.25, 0.3) is 0 Å². The Bertz CT molecular complexity index is 1000. The van der Waals surface area contributed by atoms with Gasteiger partial charge in [-0.15, -0.1) is 11.3 Å². The highest BCUT2D eigenvalue weighted by Crippen LogP contribution is 2.44. The van der Waals surface area contributed by atoms with Gasteiger partial charge in [-0.25, -0.2) is 9.67 Å². The number of fused-ring (bicyclic) bond motifs is 1. The van der Waals surface area contributed by atoms with Gasteiger partial charge in [0.05, 0.1) is 11.7 Å². The molecule has 146 valence electrons. The number of aromatic nitrogens is 3. The van der Waals surface area contributed by atoms with E-state index in [4.69, 9.17) is 11.6 Å². The number of rotatable bonds is 3. The van der Waals surface area contributed by atoms with Crippen LogP contribution in [0.15, 0.2) is 41.9 Å². The molecule has 0 bridgehead atoms. The Balaban J connectivity index is 1.65. The number of halogens is 4. The third-order valence-corrected chi connectivity index (χ3v) is 5.60. The number of hydrogen-bond acceptors (Lipinski definition) is 5. The molecule has 2 N–H and O–H groups in total. The molecule has 4 rings (SSSR count). The summed E-state index contributed by atoms with van der Waals surface area (Å²) in [4.78, 5) is 17.1. The first-order valence-corrected chi connectivity index (χ1v) is 9.47. The molecule has 4 heterocycles. The second kappa shape index (κ2) is 7.10. The minimum atomic E-state index is -4.50. The molecule has 0 saturated carbocycles. The number of pyridine rings is 1. The van der Waals surface area contributed by atoms with Gasteiger partial charge in [0.2, 0.25) is 0 Å². The van der Waals surface area contributed by atoms with Gasteiger partial charge in [0.25, 0.3) is 5.91 Å². The van der Waals surface area contributed by atoms with Gasteiger partial charge < -0.3 is 10.6 Å². The molecule has 1 aliphatic rings. The molecule has 0 fully saturated rings. The van der Waals surface area contributed by atoms with Crippen molar-refractivity contribution in [3.8, 4) is 0 Å². The molecule has 1 aliphatic heterocycles. The summed E-state index contributed by atoms with van der Waals surface area (Å²) in [5, 5.41) is 11.3. The summed E-state index contributed by atoms with van der Waals surface area (Å²) in [7, 11) is 0. The molecule has 0 spiro atoms. The first-order valence-electron chi connectivity index (χ1n) is 8.21. The molecule has 11 heteroatoms. The summed E-state index contributed by atoms with van der Waals surface area (Å²) in [6.07, 6.45) is -3.26. The van der Waals surface area contributed by atoms with E-state index in [2.05, 4.69) is 20.7 Å². The Morgan fingerprint density at radius 2 is 2.18 bits per heavy atom. The van der Waals surface area contributed by atoms with E-state index in [1.165, 1.54) is 29.7 Å². The molecule has 0 aliphatic carbocycles. The van der Waals surface area contributed by atoms with Crippen molar-refractivity contribution in [3.63, 3.8) is 0 Å². The highest BCUT2D eigenvalue weighted by molar-refractivity contribution is 7.10. The van der Waals surface area contributed by atoms with Crippen molar-refractivity contribution >= 4 is 40.4 Å². The van der Waals surface area contributed by atoms with Crippen LogP contribution >= 0.6 is 22.9 Å². The average Bonchev–Trinajstić information content (AvgIpc) is 3.31. The van der Waals surface area contributed by atoms with Gasteiger partial charge in [0, 0.05) is 23.6 Å². The van der Waals surface area contributed by atoms with Gasteiger partial charge in [-0.1, -0.05) is 17.7 Å². The van der Waals surface area contributed by atoms with E-state index in [1.807, 2.05) is 5.38 Å². The number of nitrogens with one attached hydrogen (secondary N) is 2. The van der Waals surface area contributed by atoms with Gasteiger partial charge in [0.15, 0.2) is 16.9 Å². The molecule has 6 nitrogen and oxygen atoms in total. The van der Waals surface area contributed by atoms with E-state index in [1.54, 1.807) is 18.2 Å². The fourth-order valence-corrected chi connectivity index (χ4v) is 3.98. The van der Waals surface area contributed by atoms with E-state index < -0.39 is 24.2 Å². The van der Waals surface area contributed by atoms with Crippen molar-refractivity contribution in [1.82, 2.24) is 14.8 Å². The van der Waals surface area contributed by atoms with Gasteiger partial charge in [-0.2, -0.15) is 18.3 Å². The van der Waals surface area contributed by atoms with Crippen LogP contribution < -0.4 is 10.6 Å². The number of carbonyl (C=O) groups excluding carboxylic acids is 1. The number of anilines is 2. The van der Waals surface area contributed by atoms with Crippen LogP contribution in [0.3, 0.4) is 0 Å². The van der Waals surface area contributed by atoms with Crippen LogP contribution in [-0.2, 0) is 0 Å². The van der Waals surface area contributed by atoms with Gasteiger partial charge in [-0.05, 0) is 23.6 Å². The van der Waals surface area contributed by atoms with Crippen molar-refractivity contribution in [2.45, 2.75) is 24.7 Å². The number of nitrogens with zero attached hydrogens (tertiary/aromatic N) is 3. The lowest BCUT2D eigenvalue weighted by Crippen LogP contribution is -2.35. The topological polar surface area (TPSA) is 71.8 Å². The molecule has 0 radical (unpaired) electrons. The van der Waals surface area contributed by atoms with Crippen LogP contribution in [0, 0.1) is 0 Å². The number of thiophene rings is 1. The van der Waals surface area contributed by atoms with Crippen molar-refractivity contribution in [3.05, 3.63) is 57.6 Å². The smallest absolute Gasteiger partial charge is 0.363 e. The van der Waals surface area contributed by atoms with E-state index >= 15 is 0 Å².